The summed E-state index contributed by atoms with van der Waals surface area (Å²) in [6.07, 6.45) is 6.94. The Morgan fingerprint density at radius 2 is 1.94 bits per heavy atom. The van der Waals surface area contributed by atoms with Crippen LogP contribution in [0.5, 0.6) is 0 Å². The van der Waals surface area contributed by atoms with Gasteiger partial charge in [0, 0.05) is 13.0 Å². The van der Waals surface area contributed by atoms with Gasteiger partial charge in [-0.3, -0.25) is 4.79 Å². The number of hydrogen-bond donors (Lipinski definition) is 0. The van der Waals surface area contributed by atoms with Crippen molar-refractivity contribution in [2.45, 2.75) is 71.4 Å². The summed E-state index contributed by atoms with van der Waals surface area (Å²) in [5.41, 5.74) is 0. The molecular formula is C14H27NO2. The molecule has 1 rings (SSSR count). The molecule has 0 spiro atoms. The molecule has 100 valence electrons. The molecule has 0 N–H and O–H groups in total. The number of nitrogens with zero attached hydrogens (tertiary/aromatic N) is 1. The largest absolute Gasteiger partial charge is 0.375 e. The maximum Gasteiger partial charge on any atom is 0.222 e. The van der Waals surface area contributed by atoms with Crippen LogP contribution < -0.4 is 0 Å². The van der Waals surface area contributed by atoms with Crippen molar-refractivity contribution in [2.75, 3.05) is 13.2 Å². The zero-order valence-electron chi connectivity index (χ0n) is 11.6. The second kappa shape index (κ2) is 7.70. The monoisotopic (exact) mass is 241 g/mol. The van der Waals surface area contributed by atoms with Crippen LogP contribution in [0.15, 0.2) is 0 Å². The lowest BCUT2D eigenvalue weighted by molar-refractivity contribution is -0.143. The molecule has 17 heavy (non-hydrogen) atoms. The van der Waals surface area contributed by atoms with E-state index in [4.69, 9.17) is 4.74 Å². The number of hydrogen-bond acceptors (Lipinski definition) is 2. The fourth-order valence-electron chi connectivity index (χ4n) is 2.27. The van der Waals surface area contributed by atoms with Crippen molar-refractivity contribution < 1.29 is 9.53 Å². The van der Waals surface area contributed by atoms with Crippen LogP contribution in [0.25, 0.3) is 0 Å². The second-order valence-corrected chi connectivity index (χ2v) is 5.20. The minimum Gasteiger partial charge on any atom is -0.375 e. The van der Waals surface area contributed by atoms with Gasteiger partial charge in [-0.25, -0.2) is 0 Å². The number of morpholine rings is 1. The summed E-state index contributed by atoms with van der Waals surface area (Å²) in [6, 6.07) is 0.245. The molecule has 1 aliphatic heterocycles. The molecular weight excluding hydrogens is 214 g/mol. The van der Waals surface area contributed by atoms with Gasteiger partial charge in [0.2, 0.25) is 5.91 Å². The van der Waals surface area contributed by atoms with Crippen molar-refractivity contribution in [3.63, 3.8) is 0 Å². The van der Waals surface area contributed by atoms with E-state index >= 15 is 0 Å². The van der Waals surface area contributed by atoms with E-state index in [-0.39, 0.29) is 12.1 Å². The van der Waals surface area contributed by atoms with Crippen LogP contribution in [-0.2, 0) is 9.53 Å². The summed E-state index contributed by atoms with van der Waals surface area (Å²) in [5.74, 6) is 0.309. The first-order valence-corrected chi connectivity index (χ1v) is 7.06. The lowest BCUT2D eigenvalue weighted by atomic mass is 10.1. The zero-order chi connectivity index (χ0) is 12.7. The van der Waals surface area contributed by atoms with Crippen LogP contribution in [0, 0.1) is 0 Å². The Kier molecular flexibility index (Phi) is 6.56. The van der Waals surface area contributed by atoms with E-state index in [1.165, 1.54) is 25.7 Å². The van der Waals surface area contributed by atoms with Gasteiger partial charge in [0.05, 0.1) is 18.8 Å². The Morgan fingerprint density at radius 1 is 1.24 bits per heavy atom. The highest BCUT2D eigenvalue weighted by molar-refractivity contribution is 5.76. The van der Waals surface area contributed by atoms with Crippen molar-refractivity contribution in [3.05, 3.63) is 0 Å². The van der Waals surface area contributed by atoms with E-state index < -0.39 is 0 Å². The zero-order valence-corrected chi connectivity index (χ0v) is 11.6. The molecule has 0 bridgehead atoms. The number of carbonyl (C=O) groups excluding carboxylic acids is 1. The summed E-state index contributed by atoms with van der Waals surface area (Å²) >= 11 is 0. The molecule has 3 nitrogen and oxygen atoms in total. The summed E-state index contributed by atoms with van der Waals surface area (Å²) in [5, 5.41) is 0. The number of rotatable bonds is 6. The predicted octanol–water partition coefficient (Wildman–Crippen LogP) is 2.98. The summed E-state index contributed by atoms with van der Waals surface area (Å²) in [7, 11) is 0. The van der Waals surface area contributed by atoms with Crippen LogP contribution in [0.3, 0.4) is 0 Å². The summed E-state index contributed by atoms with van der Waals surface area (Å²) in [4.78, 5) is 14.1. The Balaban J connectivity index is 2.21. The molecule has 1 saturated heterocycles. The number of amides is 1. The third-order valence-electron chi connectivity index (χ3n) is 3.42. The van der Waals surface area contributed by atoms with Crippen LogP contribution in [0.4, 0.5) is 0 Å². The van der Waals surface area contributed by atoms with E-state index in [1.54, 1.807) is 0 Å². The molecule has 0 aromatic carbocycles. The van der Waals surface area contributed by atoms with E-state index in [0.29, 0.717) is 18.9 Å². The lowest BCUT2D eigenvalue weighted by Crippen LogP contribution is -2.50. The molecule has 0 aliphatic carbocycles. The van der Waals surface area contributed by atoms with Crippen molar-refractivity contribution >= 4 is 5.91 Å². The van der Waals surface area contributed by atoms with E-state index in [2.05, 4.69) is 13.8 Å². The smallest absolute Gasteiger partial charge is 0.222 e. The topological polar surface area (TPSA) is 29.5 Å². The number of unbranched alkanes of at least 4 members (excludes halogenated alkanes) is 4. The minimum absolute atomic E-state index is 0.190. The lowest BCUT2D eigenvalue weighted by Gasteiger charge is -2.36. The van der Waals surface area contributed by atoms with Crippen LogP contribution in [-0.4, -0.2) is 36.1 Å². The van der Waals surface area contributed by atoms with Crippen LogP contribution in [0.2, 0.25) is 0 Å². The fourth-order valence-corrected chi connectivity index (χ4v) is 2.27. The predicted molar refractivity (Wildman–Crippen MR) is 70.0 cm³/mol. The van der Waals surface area contributed by atoms with Crippen LogP contribution in [0.1, 0.15) is 59.3 Å². The fraction of sp³-hybridized carbons (Fsp3) is 0.929. The quantitative estimate of drug-likeness (QED) is 0.669. The standard InChI is InChI=1S/C14H27NO2/c1-4-5-6-7-8-9-14(16)15-10-13(3)17-11-12(15)2/h12-13H,4-11H2,1-3H3. The highest BCUT2D eigenvalue weighted by Gasteiger charge is 2.26. The molecule has 1 fully saturated rings. The van der Waals surface area contributed by atoms with E-state index in [9.17, 15) is 4.79 Å². The molecule has 0 saturated carbocycles. The maximum absolute atomic E-state index is 12.1. The first-order chi connectivity index (χ1) is 8.15. The highest BCUT2D eigenvalue weighted by Crippen LogP contribution is 2.14. The third kappa shape index (κ3) is 5.07. The first-order valence-electron chi connectivity index (χ1n) is 7.06. The van der Waals surface area contributed by atoms with Crippen molar-refractivity contribution in [1.29, 1.82) is 0 Å². The number of carbonyl (C=O) groups is 1. The SMILES string of the molecule is CCCCCCCC(=O)N1CC(C)OCC1C. The van der Waals surface area contributed by atoms with Gasteiger partial charge in [-0.1, -0.05) is 32.6 Å². The van der Waals surface area contributed by atoms with Crippen molar-refractivity contribution in [3.8, 4) is 0 Å². The molecule has 2 atom stereocenters. The summed E-state index contributed by atoms with van der Waals surface area (Å²) < 4.78 is 5.53. The second-order valence-electron chi connectivity index (χ2n) is 5.20. The third-order valence-corrected chi connectivity index (χ3v) is 3.42. The molecule has 1 aliphatic rings. The van der Waals surface area contributed by atoms with Gasteiger partial charge in [-0.15, -0.1) is 0 Å². The summed E-state index contributed by atoms with van der Waals surface area (Å²) in [6.45, 7) is 7.76. The van der Waals surface area contributed by atoms with Gasteiger partial charge >= 0.3 is 0 Å². The van der Waals surface area contributed by atoms with Crippen molar-refractivity contribution in [1.82, 2.24) is 4.90 Å². The van der Waals surface area contributed by atoms with Crippen LogP contribution >= 0.6 is 0 Å². The molecule has 3 heteroatoms. The van der Waals surface area contributed by atoms with Gasteiger partial charge in [0.25, 0.3) is 0 Å². The number of ether oxygens (including phenoxy) is 1. The van der Waals surface area contributed by atoms with Gasteiger partial charge in [0.1, 0.15) is 0 Å². The molecule has 0 aromatic rings. The molecule has 1 heterocycles. The minimum atomic E-state index is 0.190. The van der Waals surface area contributed by atoms with Gasteiger partial charge in [0.15, 0.2) is 0 Å². The van der Waals surface area contributed by atoms with E-state index in [1.807, 2.05) is 11.8 Å². The first kappa shape index (κ1) is 14.5. The van der Waals surface area contributed by atoms with E-state index in [0.717, 1.165) is 13.0 Å². The van der Waals surface area contributed by atoms with Gasteiger partial charge in [-0.05, 0) is 20.3 Å². The Bertz CT molecular complexity index is 230. The Hall–Kier alpha value is -0.570. The molecule has 0 radical (unpaired) electrons. The van der Waals surface area contributed by atoms with Crippen molar-refractivity contribution in [2.24, 2.45) is 0 Å². The highest BCUT2D eigenvalue weighted by atomic mass is 16.5. The average Bonchev–Trinajstić information content (AvgIpc) is 2.32. The molecule has 2 unspecified atom stereocenters. The van der Waals surface area contributed by atoms with Gasteiger partial charge < -0.3 is 9.64 Å². The van der Waals surface area contributed by atoms with Gasteiger partial charge in [-0.2, -0.15) is 0 Å². The Morgan fingerprint density at radius 3 is 2.65 bits per heavy atom. The molecule has 0 aromatic heterocycles. The average molecular weight is 241 g/mol. The normalized spacial score (nSPS) is 25.0. The molecule has 1 amide bonds. The Labute approximate surface area is 106 Å². The maximum atomic E-state index is 12.1.